The number of aryl methyl sites for hydroxylation is 2. The molecule has 0 spiro atoms. The molecule has 0 saturated carbocycles. The third-order valence-corrected chi connectivity index (χ3v) is 3.56. The molecule has 1 unspecified atom stereocenters. The van der Waals surface area contributed by atoms with Crippen LogP contribution >= 0.6 is 0 Å². The Bertz CT molecular complexity index is 526. The van der Waals surface area contributed by atoms with Gasteiger partial charge in [0, 0.05) is 23.8 Å². The summed E-state index contributed by atoms with van der Waals surface area (Å²) in [6.45, 7) is 9.77. The summed E-state index contributed by atoms with van der Waals surface area (Å²) in [5, 5.41) is 10.8. The maximum atomic E-state index is 5.46. The minimum Gasteiger partial charge on any atom is -0.494 e. The molecule has 2 N–H and O–H groups in total. The smallest absolute Gasteiger partial charge is 0.119 e. The first kappa shape index (κ1) is 14.6. The van der Waals surface area contributed by atoms with Crippen LogP contribution in [-0.2, 0) is 6.54 Å². The predicted octanol–water partition coefficient (Wildman–Crippen LogP) is 3.28. The van der Waals surface area contributed by atoms with Crippen molar-refractivity contribution >= 4 is 0 Å². The number of nitrogens with one attached hydrogen (secondary N) is 2. The molecule has 2 aromatic rings. The lowest BCUT2D eigenvalue weighted by atomic mass is 10.1. The Balaban J connectivity index is 1.96. The van der Waals surface area contributed by atoms with Gasteiger partial charge in [-0.05, 0) is 45.4 Å². The molecule has 4 heteroatoms. The molecule has 4 nitrogen and oxygen atoms in total. The predicted molar refractivity (Wildman–Crippen MR) is 80.9 cm³/mol. The Hall–Kier alpha value is -1.81. The van der Waals surface area contributed by atoms with Crippen molar-refractivity contribution in [2.75, 3.05) is 6.61 Å². The molecule has 108 valence electrons. The summed E-state index contributed by atoms with van der Waals surface area (Å²) in [4.78, 5) is 0. The highest BCUT2D eigenvalue weighted by molar-refractivity contribution is 5.29. The van der Waals surface area contributed by atoms with E-state index in [9.17, 15) is 0 Å². The summed E-state index contributed by atoms with van der Waals surface area (Å²) < 4.78 is 5.46. The molecular weight excluding hydrogens is 250 g/mol. The fourth-order valence-electron chi connectivity index (χ4n) is 2.23. The zero-order chi connectivity index (χ0) is 14.5. The van der Waals surface area contributed by atoms with Gasteiger partial charge in [0.2, 0.25) is 0 Å². The van der Waals surface area contributed by atoms with Crippen molar-refractivity contribution in [3.05, 3.63) is 46.8 Å². The number of nitrogens with zero attached hydrogens (tertiary/aromatic N) is 1. The highest BCUT2D eigenvalue weighted by Crippen LogP contribution is 2.18. The fourth-order valence-corrected chi connectivity index (χ4v) is 2.23. The molecule has 1 aromatic heterocycles. The van der Waals surface area contributed by atoms with Crippen LogP contribution in [0, 0.1) is 13.8 Å². The summed E-state index contributed by atoms with van der Waals surface area (Å²) in [6.07, 6.45) is 0. The molecule has 0 saturated heterocycles. The van der Waals surface area contributed by atoms with Crippen LogP contribution in [0.5, 0.6) is 5.75 Å². The van der Waals surface area contributed by atoms with Crippen LogP contribution in [0.2, 0.25) is 0 Å². The normalized spacial score (nSPS) is 12.4. The Kier molecular flexibility index (Phi) is 4.79. The number of ether oxygens (including phenoxy) is 1. The van der Waals surface area contributed by atoms with E-state index in [-0.39, 0.29) is 0 Å². The molecule has 0 radical (unpaired) electrons. The second-order valence-corrected chi connectivity index (χ2v) is 5.02. The van der Waals surface area contributed by atoms with Crippen molar-refractivity contribution in [2.45, 2.75) is 40.3 Å². The molecule has 0 bridgehead atoms. The zero-order valence-electron chi connectivity index (χ0n) is 12.7. The number of hydrogen-bond donors (Lipinski definition) is 2. The van der Waals surface area contributed by atoms with E-state index in [4.69, 9.17) is 4.74 Å². The third kappa shape index (κ3) is 3.39. The van der Waals surface area contributed by atoms with Crippen LogP contribution in [0.15, 0.2) is 24.3 Å². The lowest BCUT2D eigenvalue weighted by molar-refractivity contribution is 0.340. The van der Waals surface area contributed by atoms with Crippen LogP contribution < -0.4 is 10.1 Å². The minimum absolute atomic E-state index is 0.291. The number of aromatic nitrogens is 2. The first-order valence-corrected chi connectivity index (χ1v) is 7.08. The maximum Gasteiger partial charge on any atom is 0.119 e. The van der Waals surface area contributed by atoms with Crippen molar-refractivity contribution in [1.82, 2.24) is 15.5 Å². The van der Waals surface area contributed by atoms with Gasteiger partial charge in [-0.25, -0.2) is 0 Å². The SMILES string of the molecule is CCOc1ccc(C(C)NCc2c(C)n[nH]c2C)cc1. The van der Waals surface area contributed by atoms with Gasteiger partial charge < -0.3 is 10.1 Å². The molecule has 20 heavy (non-hydrogen) atoms. The van der Waals surface area contributed by atoms with Crippen molar-refractivity contribution < 1.29 is 4.74 Å². The van der Waals surface area contributed by atoms with E-state index < -0.39 is 0 Å². The lowest BCUT2D eigenvalue weighted by Crippen LogP contribution is -2.18. The van der Waals surface area contributed by atoms with Gasteiger partial charge in [0.1, 0.15) is 5.75 Å². The summed E-state index contributed by atoms with van der Waals surface area (Å²) >= 11 is 0. The molecule has 1 aromatic carbocycles. The van der Waals surface area contributed by atoms with Crippen LogP contribution in [0.3, 0.4) is 0 Å². The molecule has 0 fully saturated rings. The number of rotatable bonds is 6. The quantitative estimate of drug-likeness (QED) is 0.849. The second kappa shape index (κ2) is 6.57. The highest BCUT2D eigenvalue weighted by atomic mass is 16.5. The molecule has 0 aliphatic rings. The Morgan fingerprint density at radius 2 is 1.95 bits per heavy atom. The fraction of sp³-hybridized carbons (Fsp3) is 0.438. The number of aromatic amines is 1. The molecule has 0 aliphatic carbocycles. The molecule has 0 aliphatic heterocycles. The standard InChI is InChI=1S/C16H23N3O/c1-5-20-15-8-6-14(7-9-15)11(2)17-10-16-12(3)18-19-13(16)4/h6-9,11,17H,5,10H2,1-4H3,(H,18,19). The van der Waals surface area contributed by atoms with E-state index >= 15 is 0 Å². The van der Waals surface area contributed by atoms with Gasteiger partial charge in [-0.2, -0.15) is 5.10 Å². The average Bonchev–Trinajstić information content (AvgIpc) is 2.77. The van der Waals surface area contributed by atoms with Gasteiger partial charge in [-0.1, -0.05) is 12.1 Å². The monoisotopic (exact) mass is 273 g/mol. The van der Waals surface area contributed by atoms with Gasteiger partial charge in [0.05, 0.1) is 12.3 Å². The average molecular weight is 273 g/mol. The van der Waals surface area contributed by atoms with Gasteiger partial charge in [0.25, 0.3) is 0 Å². The van der Waals surface area contributed by atoms with E-state index in [1.807, 2.05) is 26.0 Å². The highest BCUT2D eigenvalue weighted by Gasteiger charge is 2.09. The van der Waals surface area contributed by atoms with Crippen LogP contribution in [0.25, 0.3) is 0 Å². The van der Waals surface area contributed by atoms with Crippen LogP contribution in [-0.4, -0.2) is 16.8 Å². The summed E-state index contributed by atoms with van der Waals surface area (Å²) in [5.41, 5.74) is 4.71. The van der Waals surface area contributed by atoms with E-state index in [0.29, 0.717) is 12.6 Å². The number of H-pyrrole nitrogens is 1. The maximum absolute atomic E-state index is 5.46. The second-order valence-electron chi connectivity index (χ2n) is 5.02. The van der Waals surface area contributed by atoms with Gasteiger partial charge in [-0.3, -0.25) is 5.10 Å². The summed E-state index contributed by atoms with van der Waals surface area (Å²) in [5.74, 6) is 0.921. The van der Waals surface area contributed by atoms with E-state index in [1.165, 1.54) is 11.1 Å². The first-order valence-electron chi connectivity index (χ1n) is 7.08. The van der Waals surface area contributed by atoms with E-state index in [1.54, 1.807) is 0 Å². The molecule has 1 atom stereocenters. The van der Waals surface area contributed by atoms with Crippen LogP contribution in [0.4, 0.5) is 0 Å². The zero-order valence-corrected chi connectivity index (χ0v) is 12.7. The molecule has 2 rings (SSSR count). The summed E-state index contributed by atoms with van der Waals surface area (Å²) in [6, 6.07) is 8.55. The Morgan fingerprint density at radius 3 is 2.50 bits per heavy atom. The lowest BCUT2D eigenvalue weighted by Gasteiger charge is -2.15. The van der Waals surface area contributed by atoms with Gasteiger partial charge in [0.15, 0.2) is 0 Å². The topological polar surface area (TPSA) is 49.9 Å². The molecule has 1 heterocycles. The molecule has 0 amide bonds. The largest absolute Gasteiger partial charge is 0.494 e. The molecular formula is C16H23N3O. The summed E-state index contributed by atoms with van der Waals surface area (Å²) in [7, 11) is 0. The van der Waals surface area contributed by atoms with Crippen molar-refractivity contribution in [2.24, 2.45) is 0 Å². The van der Waals surface area contributed by atoms with Crippen molar-refractivity contribution in [1.29, 1.82) is 0 Å². The first-order chi connectivity index (χ1) is 9.61. The van der Waals surface area contributed by atoms with Crippen LogP contribution in [0.1, 0.15) is 42.4 Å². The van der Waals surface area contributed by atoms with E-state index in [2.05, 4.69) is 41.5 Å². The van der Waals surface area contributed by atoms with Crippen molar-refractivity contribution in [3.8, 4) is 5.75 Å². The van der Waals surface area contributed by atoms with E-state index in [0.717, 1.165) is 23.7 Å². The third-order valence-electron chi connectivity index (χ3n) is 3.56. The van der Waals surface area contributed by atoms with Crippen molar-refractivity contribution in [3.63, 3.8) is 0 Å². The number of hydrogen-bond acceptors (Lipinski definition) is 3. The van der Waals surface area contributed by atoms with Gasteiger partial charge >= 0.3 is 0 Å². The Labute approximate surface area is 120 Å². The van der Waals surface area contributed by atoms with Gasteiger partial charge in [-0.15, -0.1) is 0 Å². The number of benzene rings is 1. The minimum atomic E-state index is 0.291. The Morgan fingerprint density at radius 1 is 1.25 bits per heavy atom.